The molecule has 0 saturated carbocycles. The number of anilines is 1. The van der Waals surface area contributed by atoms with Crippen LogP contribution in [-0.4, -0.2) is 30.3 Å². The topological polar surface area (TPSA) is 93.3 Å². The summed E-state index contributed by atoms with van der Waals surface area (Å²) in [5.41, 5.74) is 1.61. The lowest BCUT2D eigenvalue weighted by molar-refractivity contribution is 0.102. The summed E-state index contributed by atoms with van der Waals surface area (Å²) in [6, 6.07) is 14.3. The first kappa shape index (κ1) is 22.3. The third-order valence-electron chi connectivity index (χ3n) is 5.13. The van der Waals surface area contributed by atoms with E-state index in [2.05, 4.69) is 15.5 Å². The molecule has 1 amide bonds. The van der Waals surface area contributed by atoms with Crippen LogP contribution in [0.3, 0.4) is 0 Å². The van der Waals surface area contributed by atoms with Crippen LogP contribution in [0, 0.1) is 5.82 Å². The van der Waals surface area contributed by atoms with Crippen LogP contribution in [0.15, 0.2) is 59.4 Å². The number of benzene rings is 3. The van der Waals surface area contributed by atoms with Crippen molar-refractivity contribution < 1.29 is 18.7 Å². The highest BCUT2D eigenvalue weighted by Crippen LogP contribution is 2.28. The summed E-state index contributed by atoms with van der Waals surface area (Å²) in [7, 11) is 3.00. The van der Waals surface area contributed by atoms with Crippen molar-refractivity contribution in [1.29, 1.82) is 0 Å². The smallest absolute Gasteiger partial charge is 0.272 e. The van der Waals surface area contributed by atoms with Gasteiger partial charge in [-0.25, -0.2) is 9.49 Å². The normalized spacial score (nSPS) is 10.8. The summed E-state index contributed by atoms with van der Waals surface area (Å²) in [4.78, 5) is 25.1. The van der Waals surface area contributed by atoms with Gasteiger partial charge in [0, 0.05) is 23.1 Å². The molecular formula is C24H19ClFN3O4. The third kappa shape index (κ3) is 4.65. The molecule has 0 atom stereocenters. The number of hydrogen-bond acceptors (Lipinski definition) is 5. The molecule has 0 radical (unpaired) electrons. The van der Waals surface area contributed by atoms with Crippen molar-refractivity contribution in [3.05, 3.63) is 92.6 Å². The van der Waals surface area contributed by atoms with Gasteiger partial charge < -0.3 is 14.8 Å². The highest BCUT2D eigenvalue weighted by Gasteiger charge is 2.13. The summed E-state index contributed by atoms with van der Waals surface area (Å²) in [5.74, 6) is 0.0297. The van der Waals surface area contributed by atoms with E-state index in [0.29, 0.717) is 51.2 Å². The summed E-state index contributed by atoms with van der Waals surface area (Å²) in [6.07, 6.45) is 0.290. The Morgan fingerprint density at radius 2 is 1.82 bits per heavy atom. The summed E-state index contributed by atoms with van der Waals surface area (Å²) >= 11 is 5.75. The van der Waals surface area contributed by atoms with Gasteiger partial charge in [0.05, 0.1) is 30.3 Å². The summed E-state index contributed by atoms with van der Waals surface area (Å²) in [5, 5.41) is 10.3. The monoisotopic (exact) mass is 467 g/mol. The molecule has 0 unspecified atom stereocenters. The molecule has 0 spiro atoms. The lowest BCUT2D eigenvalue weighted by Crippen LogP contribution is -2.14. The Labute approximate surface area is 193 Å². The van der Waals surface area contributed by atoms with Crippen LogP contribution in [0.2, 0.25) is 5.02 Å². The number of nitrogens with zero attached hydrogens (tertiary/aromatic N) is 1. The molecule has 3 aromatic carbocycles. The van der Waals surface area contributed by atoms with Crippen molar-refractivity contribution >= 4 is 34.0 Å². The molecule has 0 aliphatic heterocycles. The predicted molar refractivity (Wildman–Crippen MR) is 124 cm³/mol. The van der Waals surface area contributed by atoms with Crippen molar-refractivity contribution in [1.82, 2.24) is 10.2 Å². The third-order valence-corrected chi connectivity index (χ3v) is 5.43. The van der Waals surface area contributed by atoms with Gasteiger partial charge in [-0.1, -0.05) is 23.7 Å². The standard InChI is InChI=1S/C24H19ClFN3O4/c1-32-21-8-4-14(11-22(21)33-2)23(30)27-15-5-6-16-17(12-15)24(31)29-28-20(16)10-13-3-7-18(25)19(26)9-13/h3-9,11-12H,10H2,1-2H3,(H,27,30)(H,29,31). The average Bonchev–Trinajstić information content (AvgIpc) is 2.82. The van der Waals surface area contributed by atoms with Crippen molar-refractivity contribution in [2.75, 3.05) is 19.5 Å². The number of carbonyl (C=O) groups excluding carboxylic acids is 1. The van der Waals surface area contributed by atoms with Crippen LogP contribution in [0.5, 0.6) is 11.5 Å². The number of methoxy groups -OCH3 is 2. The summed E-state index contributed by atoms with van der Waals surface area (Å²) < 4.78 is 24.2. The maximum atomic E-state index is 13.8. The lowest BCUT2D eigenvalue weighted by Gasteiger charge is -2.11. The van der Waals surface area contributed by atoms with E-state index >= 15 is 0 Å². The van der Waals surface area contributed by atoms with E-state index in [9.17, 15) is 14.0 Å². The van der Waals surface area contributed by atoms with Crippen LogP contribution in [-0.2, 0) is 6.42 Å². The van der Waals surface area contributed by atoms with E-state index in [4.69, 9.17) is 21.1 Å². The second-order valence-corrected chi connectivity index (χ2v) is 7.62. The molecule has 0 saturated heterocycles. The predicted octanol–water partition coefficient (Wildman–Crippen LogP) is 4.58. The molecule has 168 valence electrons. The molecule has 0 aliphatic carbocycles. The van der Waals surface area contributed by atoms with E-state index in [1.807, 2.05) is 0 Å². The minimum atomic E-state index is -0.525. The van der Waals surface area contributed by atoms with Gasteiger partial charge in [-0.2, -0.15) is 5.10 Å². The summed E-state index contributed by atoms with van der Waals surface area (Å²) in [6.45, 7) is 0. The average molecular weight is 468 g/mol. The molecule has 33 heavy (non-hydrogen) atoms. The first-order valence-electron chi connectivity index (χ1n) is 9.88. The first-order valence-corrected chi connectivity index (χ1v) is 10.3. The second kappa shape index (κ2) is 9.30. The molecule has 0 fully saturated rings. The van der Waals surface area contributed by atoms with Gasteiger partial charge in [0.2, 0.25) is 0 Å². The zero-order valence-corrected chi connectivity index (χ0v) is 18.5. The van der Waals surface area contributed by atoms with Gasteiger partial charge in [-0.3, -0.25) is 9.59 Å². The Hall–Kier alpha value is -3.91. The largest absolute Gasteiger partial charge is 0.493 e. The van der Waals surface area contributed by atoms with E-state index < -0.39 is 11.4 Å². The number of ether oxygens (including phenoxy) is 2. The zero-order valence-electron chi connectivity index (χ0n) is 17.7. The number of hydrogen-bond donors (Lipinski definition) is 2. The Morgan fingerprint density at radius 1 is 1.03 bits per heavy atom. The van der Waals surface area contributed by atoms with Gasteiger partial charge in [0.25, 0.3) is 11.5 Å². The van der Waals surface area contributed by atoms with Gasteiger partial charge in [0.1, 0.15) is 5.82 Å². The SMILES string of the molecule is COc1ccc(C(=O)Nc2ccc3c(Cc4ccc(Cl)c(F)c4)n[nH]c(=O)c3c2)cc1OC. The van der Waals surface area contributed by atoms with E-state index in [1.54, 1.807) is 42.5 Å². The number of rotatable bonds is 6. The number of amides is 1. The Kier molecular flexibility index (Phi) is 6.28. The fourth-order valence-corrected chi connectivity index (χ4v) is 3.58. The number of H-pyrrole nitrogens is 1. The number of fused-ring (bicyclic) bond motifs is 1. The number of nitrogens with one attached hydrogen (secondary N) is 2. The van der Waals surface area contributed by atoms with Crippen molar-refractivity contribution in [3.63, 3.8) is 0 Å². The van der Waals surface area contributed by atoms with Crippen LogP contribution >= 0.6 is 11.6 Å². The molecule has 4 rings (SSSR count). The molecule has 0 bridgehead atoms. The van der Waals surface area contributed by atoms with Crippen molar-refractivity contribution in [2.24, 2.45) is 0 Å². The highest BCUT2D eigenvalue weighted by atomic mass is 35.5. The second-order valence-electron chi connectivity index (χ2n) is 7.21. The first-order chi connectivity index (χ1) is 15.9. The minimum absolute atomic E-state index is 0.0351. The van der Waals surface area contributed by atoms with E-state index in [1.165, 1.54) is 26.4 Å². The molecule has 9 heteroatoms. The molecule has 2 N–H and O–H groups in total. The van der Waals surface area contributed by atoms with E-state index in [-0.39, 0.29) is 10.9 Å². The molecule has 1 aromatic heterocycles. The van der Waals surface area contributed by atoms with Crippen LogP contribution in [0.25, 0.3) is 10.8 Å². The maximum absolute atomic E-state index is 13.8. The fraction of sp³-hybridized carbons (Fsp3) is 0.125. The van der Waals surface area contributed by atoms with E-state index in [0.717, 1.165) is 0 Å². The molecular weight excluding hydrogens is 449 g/mol. The number of halogens is 2. The number of aromatic nitrogens is 2. The Balaban J connectivity index is 1.63. The Bertz CT molecular complexity index is 1420. The molecule has 4 aromatic rings. The minimum Gasteiger partial charge on any atom is -0.493 e. The maximum Gasteiger partial charge on any atom is 0.272 e. The van der Waals surface area contributed by atoms with Crippen molar-refractivity contribution in [3.8, 4) is 11.5 Å². The van der Waals surface area contributed by atoms with Crippen LogP contribution in [0.1, 0.15) is 21.6 Å². The van der Waals surface area contributed by atoms with Gasteiger partial charge in [0.15, 0.2) is 11.5 Å². The number of aromatic amines is 1. The zero-order chi connectivity index (χ0) is 23.5. The molecule has 7 nitrogen and oxygen atoms in total. The van der Waals surface area contributed by atoms with Gasteiger partial charge >= 0.3 is 0 Å². The molecule has 0 aliphatic rings. The highest BCUT2D eigenvalue weighted by molar-refractivity contribution is 6.30. The Morgan fingerprint density at radius 3 is 2.55 bits per heavy atom. The van der Waals surface area contributed by atoms with Crippen LogP contribution < -0.4 is 20.3 Å². The van der Waals surface area contributed by atoms with Gasteiger partial charge in [-0.15, -0.1) is 0 Å². The quantitative estimate of drug-likeness (QED) is 0.433. The fourth-order valence-electron chi connectivity index (χ4n) is 3.46. The lowest BCUT2D eigenvalue weighted by atomic mass is 10.0. The number of carbonyl (C=O) groups is 1. The molecule has 1 heterocycles. The van der Waals surface area contributed by atoms with Crippen LogP contribution in [0.4, 0.5) is 10.1 Å². The van der Waals surface area contributed by atoms with Crippen molar-refractivity contribution in [2.45, 2.75) is 6.42 Å². The van der Waals surface area contributed by atoms with Gasteiger partial charge in [-0.05, 0) is 48.0 Å².